The van der Waals surface area contributed by atoms with E-state index in [0.29, 0.717) is 19.4 Å². The number of rotatable bonds is 9. The Morgan fingerprint density at radius 2 is 2.14 bits per heavy atom. The lowest BCUT2D eigenvalue weighted by atomic mass is 9.63. The summed E-state index contributed by atoms with van der Waals surface area (Å²) >= 11 is 0. The van der Waals surface area contributed by atoms with Crippen LogP contribution in [0.3, 0.4) is 0 Å². The van der Waals surface area contributed by atoms with Crippen molar-refractivity contribution in [2.45, 2.75) is 77.0 Å². The standard InChI is InChI=1S/C24H33NO4/c1-3-24(13-6-14-24)21(26)10-5-9-20-11-12-22(27)25(20)17-19-8-4-7-18(15-19)16-23(28)29-2/h4-5,7-9,15,20-21,26H,3,6,10-14,16-17H2,1-2H3/b9-5+/t20-,21-/m0/s1. The molecule has 1 heterocycles. The molecule has 0 aromatic heterocycles. The Labute approximate surface area is 173 Å². The van der Waals surface area contributed by atoms with Crippen LogP contribution in [-0.2, 0) is 27.3 Å². The first-order valence-electron chi connectivity index (χ1n) is 10.8. The van der Waals surface area contributed by atoms with Gasteiger partial charge in [-0.1, -0.05) is 49.8 Å². The van der Waals surface area contributed by atoms with Gasteiger partial charge in [-0.25, -0.2) is 0 Å². The van der Waals surface area contributed by atoms with E-state index in [1.54, 1.807) is 0 Å². The van der Waals surface area contributed by atoms with E-state index in [1.165, 1.54) is 13.5 Å². The number of hydrogen-bond acceptors (Lipinski definition) is 4. The van der Waals surface area contributed by atoms with E-state index in [9.17, 15) is 14.7 Å². The van der Waals surface area contributed by atoms with Gasteiger partial charge in [-0.15, -0.1) is 0 Å². The average Bonchev–Trinajstić information content (AvgIpc) is 3.01. The average molecular weight is 400 g/mol. The summed E-state index contributed by atoms with van der Waals surface area (Å²) in [7, 11) is 1.39. The summed E-state index contributed by atoms with van der Waals surface area (Å²) in [6.45, 7) is 2.70. The SMILES string of the molecule is CCC1([C@@H](O)C/C=C/[C@H]2CCC(=O)N2Cc2cccc(CC(=O)OC)c2)CCC1. The van der Waals surface area contributed by atoms with Crippen molar-refractivity contribution in [3.05, 3.63) is 47.5 Å². The second kappa shape index (κ2) is 9.57. The van der Waals surface area contributed by atoms with E-state index in [2.05, 4.69) is 19.1 Å². The van der Waals surface area contributed by atoms with Gasteiger partial charge < -0.3 is 14.7 Å². The minimum Gasteiger partial charge on any atom is -0.469 e. The number of amides is 1. The Morgan fingerprint density at radius 3 is 2.79 bits per heavy atom. The van der Waals surface area contributed by atoms with Crippen LogP contribution in [0.15, 0.2) is 36.4 Å². The maximum absolute atomic E-state index is 12.4. The third-order valence-corrected chi connectivity index (χ3v) is 6.77. The minimum atomic E-state index is -0.293. The maximum atomic E-state index is 12.4. The topological polar surface area (TPSA) is 66.8 Å². The quantitative estimate of drug-likeness (QED) is 0.507. The van der Waals surface area contributed by atoms with Crippen molar-refractivity contribution in [1.29, 1.82) is 0 Å². The van der Waals surface area contributed by atoms with Crippen molar-refractivity contribution < 1.29 is 19.4 Å². The number of ether oxygens (including phenoxy) is 1. The Balaban J connectivity index is 1.60. The number of aliphatic hydroxyl groups is 1. The molecule has 1 amide bonds. The molecule has 0 bridgehead atoms. The second-order valence-electron chi connectivity index (χ2n) is 8.45. The number of likely N-dealkylation sites (tertiary alicyclic amines) is 1. The van der Waals surface area contributed by atoms with Gasteiger partial charge in [-0.2, -0.15) is 0 Å². The summed E-state index contributed by atoms with van der Waals surface area (Å²) in [6.07, 6.45) is 10.6. The predicted molar refractivity (Wildman–Crippen MR) is 112 cm³/mol. The lowest BCUT2D eigenvalue weighted by molar-refractivity contribution is -0.139. The van der Waals surface area contributed by atoms with Crippen molar-refractivity contribution in [2.75, 3.05) is 7.11 Å². The fourth-order valence-corrected chi connectivity index (χ4v) is 4.60. The van der Waals surface area contributed by atoms with Crippen molar-refractivity contribution in [3.63, 3.8) is 0 Å². The molecule has 0 unspecified atom stereocenters. The molecule has 2 fully saturated rings. The van der Waals surface area contributed by atoms with Gasteiger partial charge in [0.05, 0.1) is 25.7 Å². The largest absolute Gasteiger partial charge is 0.469 e. The lowest BCUT2D eigenvalue weighted by Crippen LogP contribution is -2.40. The molecule has 158 valence electrons. The summed E-state index contributed by atoms with van der Waals surface area (Å²) in [5, 5.41) is 10.6. The summed E-state index contributed by atoms with van der Waals surface area (Å²) in [5.74, 6) is -0.113. The summed E-state index contributed by atoms with van der Waals surface area (Å²) < 4.78 is 4.74. The highest BCUT2D eigenvalue weighted by Crippen LogP contribution is 2.47. The van der Waals surface area contributed by atoms with Gasteiger partial charge in [0.15, 0.2) is 0 Å². The van der Waals surface area contributed by atoms with Crippen LogP contribution in [-0.4, -0.2) is 41.1 Å². The third-order valence-electron chi connectivity index (χ3n) is 6.77. The molecule has 2 atom stereocenters. The molecule has 1 saturated heterocycles. The number of carbonyl (C=O) groups excluding carboxylic acids is 2. The Bertz CT molecular complexity index is 747. The Hall–Kier alpha value is -2.14. The molecule has 1 aliphatic heterocycles. The van der Waals surface area contributed by atoms with Crippen molar-refractivity contribution in [3.8, 4) is 0 Å². The summed E-state index contributed by atoms with van der Waals surface area (Å²) in [5.41, 5.74) is 2.01. The highest BCUT2D eigenvalue weighted by molar-refractivity contribution is 5.79. The van der Waals surface area contributed by atoms with Crippen molar-refractivity contribution in [1.82, 2.24) is 4.90 Å². The molecule has 1 aliphatic carbocycles. The first-order valence-corrected chi connectivity index (χ1v) is 10.8. The molecule has 29 heavy (non-hydrogen) atoms. The predicted octanol–water partition coefficient (Wildman–Crippen LogP) is 3.78. The van der Waals surface area contributed by atoms with Gasteiger partial charge in [-0.05, 0) is 48.6 Å². The van der Waals surface area contributed by atoms with Gasteiger partial charge in [-0.3, -0.25) is 9.59 Å². The first kappa shape index (κ1) is 21.6. The fourth-order valence-electron chi connectivity index (χ4n) is 4.60. The van der Waals surface area contributed by atoms with Gasteiger partial charge in [0.1, 0.15) is 0 Å². The zero-order chi connectivity index (χ0) is 20.9. The number of aliphatic hydroxyl groups excluding tert-OH is 1. The molecular formula is C24H33NO4. The molecule has 1 N–H and O–H groups in total. The molecule has 2 aliphatic rings. The summed E-state index contributed by atoms with van der Waals surface area (Å²) in [4.78, 5) is 25.8. The van der Waals surface area contributed by atoms with E-state index < -0.39 is 0 Å². The van der Waals surface area contributed by atoms with Gasteiger partial charge >= 0.3 is 5.97 Å². The minimum absolute atomic E-state index is 0.0675. The van der Waals surface area contributed by atoms with Crippen LogP contribution in [0.1, 0.15) is 63.0 Å². The zero-order valence-electron chi connectivity index (χ0n) is 17.6. The molecular weight excluding hydrogens is 366 g/mol. The Kier molecular flexibility index (Phi) is 7.12. The number of methoxy groups -OCH3 is 1. The molecule has 1 saturated carbocycles. The maximum Gasteiger partial charge on any atom is 0.309 e. The molecule has 5 heteroatoms. The van der Waals surface area contributed by atoms with Crippen molar-refractivity contribution >= 4 is 11.9 Å². The van der Waals surface area contributed by atoms with Crippen LogP contribution < -0.4 is 0 Å². The van der Waals surface area contributed by atoms with Crippen LogP contribution in [0.25, 0.3) is 0 Å². The number of nitrogens with zero attached hydrogens (tertiary/aromatic N) is 1. The molecule has 1 aromatic rings. The van der Waals surface area contributed by atoms with E-state index in [0.717, 1.165) is 36.8 Å². The van der Waals surface area contributed by atoms with E-state index in [-0.39, 0.29) is 35.9 Å². The van der Waals surface area contributed by atoms with Gasteiger partial charge in [0.2, 0.25) is 5.91 Å². The van der Waals surface area contributed by atoms with Crippen LogP contribution >= 0.6 is 0 Å². The fraction of sp³-hybridized carbons (Fsp3) is 0.583. The molecule has 3 rings (SSSR count). The number of carbonyl (C=O) groups is 2. The smallest absolute Gasteiger partial charge is 0.309 e. The third kappa shape index (κ3) is 5.08. The highest BCUT2D eigenvalue weighted by Gasteiger charge is 2.41. The molecule has 0 spiro atoms. The highest BCUT2D eigenvalue weighted by atomic mass is 16.5. The number of benzene rings is 1. The van der Waals surface area contributed by atoms with Gasteiger partial charge in [0, 0.05) is 13.0 Å². The molecule has 5 nitrogen and oxygen atoms in total. The number of hydrogen-bond donors (Lipinski definition) is 1. The lowest BCUT2D eigenvalue weighted by Gasteiger charge is -2.45. The first-order chi connectivity index (χ1) is 14.0. The zero-order valence-corrected chi connectivity index (χ0v) is 17.6. The normalized spacial score (nSPS) is 22.0. The van der Waals surface area contributed by atoms with E-state index >= 15 is 0 Å². The van der Waals surface area contributed by atoms with E-state index in [1.807, 2.05) is 29.2 Å². The summed E-state index contributed by atoms with van der Waals surface area (Å²) in [6, 6.07) is 7.83. The Morgan fingerprint density at radius 1 is 1.38 bits per heavy atom. The van der Waals surface area contributed by atoms with Crippen LogP contribution in [0.2, 0.25) is 0 Å². The molecule has 1 aromatic carbocycles. The monoisotopic (exact) mass is 399 g/mol. The van der Waals surface area contributed by atoms with Crippen LogP contribution in [0.5, 0.6) is 0 Å². The second-order valence-corrected chi connectivity index (χ2v) is 8.45. The van der Waals surface area contributed by atoms with Crippen LogP contribution in [0.4, 0.5) is 0 Å². The van der Waals surface area contributed by atoms with Crippen LogP contribution in [0, 0.1) is 5.41 Å². The molecule has 0 radical (unpaired) electrons. The van der Waals surface area contributed by atoms with Gasteiger partial charge in [0.25, 0.3) is 0 Å². The van der Waals surface area contributed by atoms with Crippen molar-refractivity contribution in [2.24, 2.45) is 5.41 Å². The van der Waals surface area contributed by atoms with E-state index in [4.69, 9.17) is 4.74 Å². The number of esters is 1.